The van der Waals surface area contributed by atoms with Gasteiger partial charge in [-0.3, -0.25) is 28.5 Å². The van der Waals surface area contributed by atoms with Crippen molar-refractivity contribution in [1.29, 1.82) is 0 Å². The highest BCUT2D eigenvalue weighted by molar-refractivity contribution is 7.36. The van der Waals surface area contributed by atoms with Gasteiger partial charge < -0.3 is 19.1 Å². The Bertz CT molecular complexity index is 1200. The third-order valence-corrected chi connectivity index (χ3v) is 6.85. The molecule has 2 aromatic rings. The van der Waals surface area contributed by atoms with Crippen molar-refractivity contribution in [3.8, 4) is 5.75 Å². The number of alkyl halides is 1. The molecule has 0 bridgehead atoms. The zero-order valence-electron chi connectivity index (χ0n) is 20.2. The molecule has 12 nitrogen and oxygen atoms in total. The number of H-pyrrole nitrogens is 1. The number of hydroxylamine groups is 1. The van der Waals surface area contributed by atoms with E-state index in [0.29, 0.717) is 0 Å². The van der Waals surface area contributed by atoms with Crippen LogP contribution in [-0.2, 0) is 23.7 Å². The first-order valence-corrected chi connectivity index (χ1v) is 12.4. The topological polar surface area (TPSA) is 149 Å². The Morgan fingerprint density at radius 1 is 1.31 bits per heavy atom. The molecule has 0 radical (unpaired) electrons. The van der Waals surface area contributed by atoms with Gasteiger partial charge in [0.2, 0.25) is 0 Å². The van der Waals surface area contributed by atoms with Gasteiger partial charge in [-0.2, -0.15) is 0 Å². The second kappa shape index (κ2) is 11.1. The number of para-hydroxylation sites is 1. The minimum Gasteiger partial charge on any atom is -0.442 e. The summed E-state index contributed by atoms with van der Waals surface area (Å²) in [5.41, 5.74) is -5.66. The maximum absolute atomic E-state index is 15.5. The molecule has 0 saturated carbocycles. The predicted octanol–water partition coefficient (Wildman–Crippen LogP) is 1.91. The molecule has 2 heterocycles. The van der Waals surface area contributed by atoms with E-state index in [1.807, 2.05) is 4.98 Å². The first-order chi connectivity index (χ1) is 16.9. The van der Waals surface area contributed by atoms with Crippen molar-refractivity contribution >= 4 is 14.1 Å². The molecule has 36 heavy (non-hydrogen) atoms. The van der Waals surface area contributed by atoms with Crippen LogP contribution in [0.3, 0.4) is 0 Å². The Labute approximate surface area is 206 Å². The van der Waals surface area contributed by atoms with Crippen LogP contribution in [0.15, 0.2) is 52.2 Å². The van der Waals surface area contributed by atoms with Crippen LogP contribution in [0.2, 0.25) is 0 Å². The Morgan fingerprint density at radius 3 is 2.58 bits per heavy atom. The summed E-state index contributed by atoms with van der Waals surface area (Å²) >= 11 is 0. The van der Waals surface area contributed by atoms with E-state index in [-0.39, 0.29) is 12.2 Å². The van der Waals surface area contributed by atoms with Crippen molar-refractivity contribution in [1.82, 2.24) is 14.4 Å². The highest BCUT2D eigenvalue weighted by atomic mass is 31.1. The summed E-state index contributed by atoms with van der Waals surface area (Å²) < 4.78 is 45.8. The summed E-state index contributed by atoms with van der Waals surface area (Å²) in [5, 5.41) is 10.6. The Kier molecular flexibility index (Phi) is 8.52. The molecule has 0 aliphatic carbocycles. The van der Waals surface area contributed by atoms with Gasteiger partial charge in [0.05, 0.1) is 6.61 Å². The van der Waals surface area contributed by atoms with Crippen molar-refractivity contribution in [2.24, 2.45) is 0 Å². The van der Waals surface area contributed by atoms with Crippen LogP contribution >= 0.6 is 8.18 Å². The molecule has 3 rings (SSSR count). The molecule has 1 aliphatic rings. The maximum Gasteiger partial charge on any atom is 0.334 e. The summed E-state index contributed by atoms with van der Waals surface area (Å²) in [6.07, 6.45) is -3.62. The fraction of sp³-hybridized carbons (Fsp3) is 0.500. The van der Waals surface area contributed by atoms with Crippen molar-refractivity contribution in [3.05, 3.63) is 63.4 Å². The van der Waals surface area contributed by atoms with E-state index in [1.54, 1.807) is 37.3 Å². The second-order valence-electron chi connectivity index (χ2n) is 8.69. The fourth-order valence-electron chi connectivity index (χ4n) is 3.56. The average molecular weight is 529 g/mol. The number of esters is 1. The largest absolute Gasteiger partial charge is 0.442 e. The third kappa shape index (κ3) is 6.11. The maximum atomic E-state index is 15.5. The van der Waals surface area contributed by atoms with Crippen LogP contribution in [0, 0.1) is 0 Å². The van der Waals surface area contributed by atoms with Gasteiger partial charge in [0, 0.05) is 18.7 Å². The number of halogens is 1. The first-order valence-electron chi connectivity index (χ1n) is 11.1. The summed E-state index contributed by atoms with van der Waals surface area (Å²) in [4.78, 5) is 43.9. The third-order valence-electron chi connectivity index (χ3n) is 5.44. The van der Waals surface area contributed by atoms with Gasteiger partial charge in [0.25, 0.3) is 5.56 Å². The first kappa shape index (κ1) is 27.8. The minimum atomic E-state index is -3.25. The number of aromatic nitrogens is 2. The zero-order chi connectivity index (χ0) is 26.7. The fourth-order valence-corrected chi connectivity index (χ4v) is 4.65. The number of nitrogens with one attached hydrogen (secondary N) is 1. The Balaban J connectivity index is 1.82. The van der Waals surface area contributed by atoms with Gasteiger partial charge in [-0.1, -0.05) is 30.0 Å². The molecule has 0 spiro atoms. The number of hydrogen-bond acceptors (Lipinski definition) is 9. The van der Waals surface area contributed by atoms with Gasteiger partial charge in [-0.25, -0.2) is 9.18 Å². The highest BCUT2D eigenvalue weighted by Crippen LogP contribution is 2.42. The van der Waals surface area contributed by atoms with E-state index in [0.717, 1.165) is 28.6 Å². The summed E-state index contributed by atoms with van der Waals surface area (Å²) in [6.45, 7) is 4.91. The monoisotopic (exact) mass is 529 g/mol. The van der Waals surface area contributed by atoms with Crippen LogP contribution in [0.4, 0.5) is 4.39 Å². The molecule has 0 amide bonds. The van der Waals surface area contributed by atoms with Crippen LogP contribution in [0.1, 0.15) is 40.3 Å². The zero-order valence-corrected chi connectivity index (χ0v) is 21.2. The van der Waals surface area contributed by atoms with E-state index in [4.69, 9.17) is 18.8 Å². The molecule has 1 aliphatic heterocycles. The van der Waals surface area contributed by atoms with E-state index in [1.165, 1.54) is 13.8 Å². The van der Waals surface area contributed by atoms with Crippen molar-refractivity contribution in [3.63, 3.8) is 0 Å². The lowest BCUT2D eigenvalue weighted by Gasteiger charge is -2.35. The van der Waals surface area contributed by atoms with Crippen LogP contribution in [0.5, 0.6) is 5.75 Å². The van der Waals surface area contributed by atoms with Crippen LogP contribution < -0.4 is 15.8 Å². The normalized spacial score (nSPS) is 25.0. The lowest BCUT2D eigenvalue weighted by atomic mass is 9.98. The van der Waals surface area contributed by atoms with Gasteiger partial charge in [-0.05, 0) is 32.9 Å². The van der Waals surface area contributed by atoms with Crippen LogP contribution in [0.25, 0.3) is 0 Å². The summed E-state index contributed by atoms with van der Waals surface area (Å²) in [5.74, 6) is -0.340. The number of rotatable bonds is 10. The SMILES string of the molecule is CCC(=O)OC(C)(C)N(OC[C@H]1O[C@@H](n2ccc(=O)[nH]c2=O)[C@](C)(F)[C@@H]1O)[PH](=O)Oc1ccccc1. The number of aromatic amines is 1. The smallest absolute Gasteiger partial charge is 0.334 e. The highest BCUT2D eigenvalue weighted by Gasteiger charge is 2.55. The quantitative estimate of drug-likeness (QED) is 0.202. The summed E-state index contributed by atoms with van der Waals surface area (Å²) in [6, 6.07) is 9.22. The van der Waals surface area contributed by atoms with Gasteiger partial charge in [0.15, 0.2) is 17.6 Å². The Morgan fingerprint density at radius 2 is 1.97 bits per heavy atom. The molecule has 1 unspecified atom stereocenters. The lowest BCUT2D eigenvalue weighted by molar-refractivity contribution is -0.250. The van der Waals surface area contributed by atoms with E-state index >= 15 is 4.39 Å². The van der Waals surface area contributed by atoms with Gasteiger partial charge in [0.1, 0.15) is 18.0 Å². The standard InChI is InChI=1S/C22H29FN3O9P/c1-5-17(28)34-21(2,3)26(36(31)35-14-9-7-6-8-10-14)32-13-15-18(29)22(4,23)19(33-15)25-12-11-16(27)24-20(25)30/h6-12,15,18-19,29,36H,5,13H2,1-4H3,(H,24,27,30)/t15-,18-,19-,22-/m1/s1. The predicted molar refractivity (Wildman–Crippen MR) is 125 cm³/mol. The minimum absolute atomic E-state index is 0.0397. The van der Waals surface area contributed by atoms with Gasteiger partial charge >= 0.3 is 19.8 Å². The molecule has 1 saturated heterocycles. The van der Waals surface area contributed by atoms with Gasteiger partial charge in [-0.15, -0.1) is 0 Å². The number of carbonyl (C=O) groups is 1. The number of aliphatic hydroxyl groups excluding tert-OH is 1. The Hall–Kier alpha value is -2.83. The van der Waals surface area contributed by atoms with E-state index in [9.17, 15) is 24.1 Å². The molecular formula is C22H29FN3O9P. The second-order valence-corrected chi connectivity index (χ2v) is 9.83. The van der Waals surface area contributed by atoms with Crippen LogP contribution in [-0.4, -0.2) is 55.7 Å². The molecule has 1 aromatic heterocycles. The number of hydrogen-bond donors (Lipinski definition) is 2. The van der Waals surface area contributed by atoms with E-state index < -0.39 is 61.8 Å². The average Bonchev–Trinajstić information content (AvgIpc) is 3.03. The molecule has 1 aromatic carbocycles. The molecule has 5 atom stereocenters. The number of aliphatic hydroxyl groups is 1. The summed E-state index contributed by atoms with van der Waals surface area (Å²) in [7, 11) is -3.25. The van der Waals surface area contributed by atoms with E-state index in [2.05, 4.69) is 0 Å². The molecular weight excluding hydrogens is 500 g/mol. The van der Waals surface area contributed by atoms with Crippen molar-refractivity contribution < 1.29 is 37.7 Å². The number of ether oxygens (including phenoxy) is 2. The molecule has 2 N–H and O–H groups in total. The van der Waals surface area contributed by atoms with Crippen molar-refractivity contribution in [2.45, 2.75) is 63.9 Å². The molecule has 198 valence electrons. The van der Waals surface area contributed by atoms with Crippen molar-refractivity contribution in [2.75, 3.05) is 6.61 Å². The lowest BCUT2D eigenvalue weighted by Crippen LogP contribution is -2.46. The number of nitrogens with zero attached hydrogens (tertiary/aromatic N) is 2. The molecule has 1 fully saturated rings. The number of carbonyl (C=O) groups excluding carboxylic acids is 1. The molecule has 14 heteroatoms. The number of benzene rings is 1.